The summed E-state index contributed by atoms with van der Waals surface area (Å²) < 4.78 is 0. The van der Waals surface area contributed by atoms with Crippen molar-refractivity contribution < 1.29 is 9.59 Å². The van der Waals surface area contributed by atoms with Crippen LogP contribution in [0.4, 0.5) is 11.6 Å². The molecule has 166 valence electrons. The monoisotopic (exact) mass is 467 g/mol. The van der Waals surface area contributed by atoms with Gasteiger partial charge in [-0.15, -0.1) is 5.10 Å². The molecule has 1 aliphatic rings. The molecule has 0 saturated carbocycles. The zero-order valence-electron chi connectivity index (χ0n) is 17.6. The molecule has 0 unspecified atom stereocenters. The number of nitriles is 1. The fourth-order valence-corrected chi connectivity index (χ4v) is 4.19. The minimum Gasteiger partial charge on any atom is -0.351 e. The summed E-state index contributed by atoms with van der Waals surface area (Å²) in [6, 6.07) is 20.2. The number of anilines is 2. The summed E-state index contributed by atoms with van der Waals surface area (Å²) >= 11 is 1.41. The minimum atomic E-state index is -0.388. The molecule has 0 fully saturated rings. The van der Waals surface area contributed by atoms with Gasteiger partial charge < -0.3 is 10.3 Å². The topological polar surface area (TPSA) is 139 Å². The number of amides is 2. The lowest BCUT2D eigenvalue weighted by Crippen LogP contribution is -2.13. The van der Waals surface area contributed by atoms with Crippen LogP contribution in [0.2, 0.25) is 0 Å². The number of benzene rings is 2. The fraction of sp³-hybridized carbons (Fsp3) is 0.0417. The average Bonchev–Trinajstić information content (AvgIpc) is 3.58. The number of thioether (sulfide) groups is 1. The first-order valence-electron chi connectivity index (χ1n) is 10.3. The van der Waals surface area contributed by atoms with Gasteiger partial charge in [0.15, 0.2) is 0 Å². The molecule has 0 bridgehead atoms. The molecule has 2 amide bonds. The summed E-state index contributed by atoms with van der Waals surface area (Å²) in [6.07, 6.45) is 1.71. The van der Waals surface area contributed by atoms with Crippen LogP contribution in [-0.2, 0) is 10.5 Å². The van der Waals surface area contributed by atoms with Gasteiger partial charge in [0.05, 0.1) is 17.2 Å². The van der Waals surface area contributed by atoms with Gasteiger partial charge in [0.1, 0.15) is 5.69 Å². The second-order valence-corrected chi connectivity index (χ2v) is 8.35. The molecule has 0 aliphatic carbocycles. The molecule has 34 heavy (non-hydrogen) atoms. The summed E-state index contributed by atoms with van der Waals surface area (Å²) in [6.45, 7) is 0. The zero-order chi connectivity index (χ0) is 23.5. The summed E-state index contributed by atoms with van der Waals surface area (Å²) in [7, 11) is 0. The molecule has 4 aromatic rings. The van der Waals surface area contributed by atoms with E-state index in [1.54, 1.807) is 30.3 Å². The standard InChI is InChI=1S/C24H17N7O2S/c25-12-14-5-7-15(8-6-14)13-34-24-29-23(30-31-24)28-22(33)20-10-9-16(26-20)11-18-17-3-1-2-4-19(17)27-21(18)32/h1-11,26H,13H2,(H,27,32)(H2,28,29,30,31,33)/b18-11-. The van der Waals surface area contributed by atoms with Crippen LogP contribution >= 0.6 is 11.8 Å². The third kappa shape index (κ3) is 4.46. The normalized spacial score (nSPS) is 13.4. The number of hydrogen-bond donors (Lipinski definition) is 4. The molecule has 2 aromatic carbocycles. The number of nitrogens with one attached hydrogen (secondary N) is 4. The first-order valence-corrected chi connectivity index (χ1v) is 11.2. The molecule has 2 aromatic heterocycles. The Bertz CT molecular complexity index is 1460. The summed E-state index contributed by atoms with van der Waals surface area (Å²) in [4.78, 5) is 32.2. The number of H-pyrrole nitrogens is 2. The molecule has 9 nitrogen and oxygen atoms in total. The molecule has 4 N–H and O–H groups in total. The average molecular weight is 468 g/mol. The highest BCUT2D eigenvalue weighted by molar-refractivity contribution is 7.98. The van der Waals surface area contributed by atoms with E-state index in [1.807, 2.05) is 36.4 Å². The van der Waals surface area contributed by atoms with E-state index in [0.29, 0.717) is 33.4 Å². The van der Waals surface area contributed by atoms with Crippen molar-refractivity contribution in [2.24, 2.45) is 0 Å². The van der Waals surface area contributed by atoms with E-state index in [9.17, 15) is 9.59 Å². The number of aromatic amines is 2. The van der Waals surface area contributed by atoms with Crippen LogP contribution in [0.3, 0.4) is 0 Å². The zero-order valence-corrected chi connectivity index (χ0v) is 18.4. The van der Waals surface area contributed by atoms with Crippen molar-refractivity contribution in [3.63, 3.8) is 0 Å². The summed E-state index contributed by atoms with van der Waals surface area (Å²) in [5.41, 5.74) is 4.71. The van der Waals surface area contributed by atoms with Crippen LogP contribution < -0.4 is 10.6 Å². The number of aromatic nitrogens is 4. The Labute approximate surface area is 198 Å². The van der Waals surface area contributed by atoms with Gasteiger partial charge in [-0.3, -0.25) is 14.9 Å². The molecule has 1 aliphatic heterocycles. The van der Waals surface area contributed by atoms with Crippen molar-refractivity contribution in [3.05, 3.63) is 88.7 Å². The lowest BCUT2D eigenvalue weighted by molar-refractivity contribution is -0.110. The van der Waals surface area contributed by atoms with Crippen molar-refractivity contribution >= 4 is 46.9 Å². The third-order valence-electron chi connectivity index (χ3n) is 5.11. The Hall–Kier alpha value is -4.62. The SMILES string of the molecule is N#Cc1ccc(CSc2n[nH]c(NC(=O)c3ccc(/C=C4\C(=O)Nc5ccccc54)[nH]3)n2)cc1. The quantitative estimate of drug-likeness (QED) is 0.249. The molecule has 10 heteroatoms. The Morgan fingerprint density at radius 1 is 1.12 bits per heavy atom. The highest BCUT2D eigenvalue weighted by Gasteiger charge is 2.23. The van der Waals surface area contributed by atoms with E-state index in [4.69, 9.17) is 5.26 Å². The molecule has 3 heterocycles. The van der Waals surface area contributed by atoms with Gasteiger partial charge in [0, 0.05) is 22.7 Å². The van der Waals surface area contributed by atoms with Gasteiger partial charge in [-0.25, -0.2) is 5.10 Å². The van der Waals surface area contributed by atoms with E-state index in [0.717, 1.165) is 16.8 Å². The van der Waals surface area contributed by atoms with E-state index in [1.165, 1.54) is 11.8 Å². The summed E-state index contributed by atoms with van der Waals surface area (Å²) in [5.74, 6) is 0.281. The van der Waals surface area contributed by atoms with Crippen molar-refractivity contribution in [2.45, 2.75) is 10.9 Å². The number of para-hydroxylation sites is 1. The van der Waals surface area contributed by atoms with Crippen LogP contribution in [0.5, 0.6) is 0 Å². The first kappa shape index (κ1) is 21.2. The maximum atomic E-state index is 12.6. The number of nitrogens with zero attached hydrogens (tertiary/aromatic N) is 3. The Morgan fingerprint density at radius 3 is 2.76 bits per heavy atom. The lowest BCUT2D eigenvalue weighted by Gasteiger charge is -1.99. The molecule has 0 saturated heterocycles. The number of hydrogen-bond acceptors (Lipinski definition) is 6. The van der Waals surface area contributed by atoms with Crippen LogP contribution in [0.25, 0.3) is 11.6 Å². The molecular formula is C24H17N7O2S. The van der Waals surface area contributed by atoms with Gasteiger partial charge >= 0.3 is 0 Å². The molecule has 0 radical (unpaired) electrons. The number of rotatable bonds is 6. The largest absolute Gasteiger partial charge is 0.351 e. The molecule has 5 rings (SSSR count). The maximum absolute atomic E-state index is 12.6. The lowest BCUT2D eigenvalue weighted by atomic mass is 10.1. The van der Waals surface area contributed by atoms with Gasteiger partial charge in [0.25, 0.3) is 11.8 Å². The second kappa shape index (κ2) is 9.09. The number of fused-ring (bicyclic) bond motifs is 1. The number of carbonyl (C=O) groups excluding carboxylic acids is 2. The fourth-order valence-electron chi connectivity index (χ4n) is 3.43. The Morgan fingerprint density at radius 2 is 1.94 bits per heavy atom. The highest BCUT2D eigenvalue weighted by Crippen LogP contribution is 2.32. The van der Waals surface area contributed by atoms with E-state index < -0.39 is 0 Å². The van der Waals surface area contributed by atoms with Crippen molar-refractivity contribution in [3.8, 4) is 6.07 Å². The molecular weight excluding hydrogens is 450 g/mol. The van der Waals surface area contributed by atoms with Crippen molar-refractivity contribution in [2.75, 3.05) is 10.6 Å². The second-order valence-electron chi connectivity index (χ2n) is 7.40. The van der Waals surface area contributed by atoms with Crippen LogP contribution in [0.15, 0.2) is 65.8 Å². The van der Waals surface area contributed by atoms with Gasteiger partial charge in [-0.1, -0.05) is 42.1 Å². The van der Waals surface area contributed by atoms with E-state index >= 15 is 0 Å². The Balaban J connectivity index is 1.22. The minimum absolute atomic E-state index is 0.186. The first-order chi connectivity index (χ1) is 16.6. The van der Waals surface area contributed by atoms with Crippen molar-refractivity contribution in [1.29, 1.82) is 5.26 Å². The maximum Gasteiger partial charge on any atom is 0.274 e. The predicted octanol–water partition coefficient (Wildman–Crippen LogP) is 4.04. The predicted molar refractivity (Wildman–Crippen MR) is 129 cm³/mol. The molecule has 0 atom stereocenters. The smallest absolute Gasteiger partial charge is 0.274 e. The number of carbonyl (C=O) groups is 2. The highest BCUT2D eigenvalue weighted by atomic mass is 32.2. The van der Waals surface area contributed by atoms with E-state index in [-0.39, 0.29) is 17.8 Å². The van der Waals surface area contributed by atoms with Gasteiger partial charge in [-0.05, 0) is 42.0 Å². The van der Waals surface area contributed by atoms with Crippen LogP contribution in [-0.4, -0.2) is 32.0 Å². The third-order valence-corrected chi connectivity index (χ3v) is 6.03. The van der Waals surface area contributed by atoms with Crippen LogP contribution in [0.1, 0.15) is 32.9 Å². The van der Waals surface area contributed by atoms with Gasteiger partial charge in [0.2, 0.25) is 11.1 Å². The molecule has 0 spiro atoms. The van der Waals surface area contributed by atoms with Gasteiger partial charge in [-0.2, -0.15) is 10.2 Å². The van der Waals surface area contributed by atoms with Crippen LogP contribution in [0, 0.1) is 11.3 Å². The van der Waals surface area contributed by atoms with E-state index in [2.05, 4.69) is 36.9 Å². The summed E-state index contributed by atoms with van der Waals surface area (Å²) in [5, 5.41) is 21.7. The van der Waals surface area contributed by atoms with Crippen molar-refractivity contribution in [1.82, 2.24) is 20.2 Å². The Kier molecular flexibility index (Phi) is 5.68.